The highest BCUT2D eigenvalue weighted by molar-refractivity contribution is 4.97. The number of hydrogen-bond donors (Lipinski definition) is 0. The van der Waals surface area contributed by atoms with Crippen LogP contribution < -0.4 is 0 Å². The first-order valence-corrected chi connectivity index (χ1v) is 2.86. The molecule has 3 heteroatoms. The van der Waals surface area contributed by atoms with E-state index in [2.05, 4.69) is 11.3 Å². The van der Waals surface area contributed by atoms with Crippen LogP contribution in [0.1, 0.15) is 12.6 Å². The zero-order chi connectivity index (χ0) is 6.85. The molecule has 1 heterocycles. The molecule has 0 unspecified atom stereocenters. The first-order chi connectivity index (χ1) is 4.24. The lowest BCUT2D eigenvalue weighted by atomic mass is 10.5. The lowest BCUT2D eigenvalue weighted by Gasteiger charge is -1.87. The normalized spacial score (nSPS) is 10.1. The Hall–Kier alpha value is -0.860. The molecule has 0 atom stereocenters. The summed E-state index contributed by atoms with van der Waals surface area (Å²) in [7, 11) is 0. The second kappa shape index (κ2) is 2.17. The fraction of sp³-hybridized carbons (Fsp3) is 0.500. The molecule has 9 heavy (non-hydrogen) atoms. The Balaban J connectivity index is 2.98. The van der Waals surface area contributed by atoms with Crippen molar-refractivity contribution in [2.45, 2.75) is 20.4 Å². The van der Waals surface area contributed by atoms with Gasteiger partial charge in [-0.05, 0) is 13.8 Å². The Morgan fingerprint density at radius 1 is 1.78 bits per heavy atom. The summed E-state index contributed by atoms with van der Waals surface area (Å²) >= 11 is 0. The van der Waals surface area contributed by atoms with Crippen molar-refractivity contribution in [1.82, 2.24) is 9.78 Å². The molecule has 0 aromatic carbocycles. The second-order valence-electron chi connectivity index (χ2n) is 1.83. The van der Waals surface area contributed by atoms with Gasteiger partial charge in [-0.15, -0.1) is 0 Å². The van der Waals surface area contributed by atoms with Crippen molar-refractivity contribution in [2.75, 3.05) is 0 Å². The van der Waals surface area contributed by atoms with E-state index >= 15 is 0 Å². The summed E-state index contributed by atoms with van der Waals surface area (Å²) in [6.07, 6.45) is 2.43. The number of aromatic nitrogens is 2. The predicted molar refractivity (Wildman–Crippen MR) is 31.4 cm³/mol. The van der Waals surface area contributed by atoms with Crippen molar-refractivity contribution < 1.29 is 4.39 Å². The number of rotatable bonds is 1. The Bertz CT molecular complexity index is 185. The van der Waals surface area contributed by atoms with E-state index in [-0.39, 0.29) is 5.82 Å². The van der Waals surface area contributed by atoms with E-state index in [0.717, 1.165) is 0 Å². The topological polar surface area (TPSA) is 17.8 Å². The Labute approximate surface area is 53.3 Å². The van der Waals surface area contributed by atoms with Gasteiger partial charge in [-0.3, -0.25) is 4.68 Å². The molecule has 0 aliphatic carbocycles. The van der Waals surface area contributed by atoms with Gasteiger partial charge in [-0.2, -0.15) is 5.10 Å². The molecule has 0 bridgehead atoms. The average molecular weight is 127 g/mol. The van der Waals surface area contributed by atoms with Gasteiger partial charge in [-0.1, -0.05) is 0 Å². The van der Waals surface area contributed by atoms with Crippen molar-refractivity contribution in [3.8, 4) is 0 Å². The van der Waals surface area contributed by atoms with Crippen LogP contribution in [0.25, 0.3) is 0 Å². The fourth-order valence-corrected chi connectivity index (χ4v) is 0.594. The maximum absolute atomic E-state index is 12.4. The Morgan fingerprint density at radius 2 is 2.44 bits per heavy atom. The van der Waals surface area contributed by atoms with E-state index in [1.807, 2.05) is 6.92 Å². The van der Waals surface area contributed by atoms with Gasteiger partial charge in [0.25, 0.3) is 0 Å². The maximum atomic E-state index is 12.4. The molecule has 0 aliphatic heterocycles. The first kappa shape index (κ1) is 6.26. The lowest BCUT2D eigenvalue weighted by molar-refractivity contribution is 0.607. The summed E-state index contributed by atoms with van der Waals surface area (Å²) in [6, 6.07) is 0. The minimum Gasteiger partial charge on any atom is -0.260 e. The van der Waals surface area contributed by atoms with E-state index in [0.29, 0.717) is 12.2 Å². The minimum absolute atomic E-state index is 0.350. The lowest BCUT2D eigenvalue weighted by Crippen LogP contribution is -1.93. The van der Waals surface area contributed by atoms with Crippen LogP contribution in [0.4, 0.5) is 4.39 Å². The molecular formula is C6H8FN2. The van der Waals surface area contributed by atoms with Crippen LogP contribution in [-0.2, 0) is 6.54 Å². The predicted octanol–water partition coefficient (Wildman–Crippen LogP) is 1.15. The molecule has 1 aromatic rings. The van der Waals surface area contributed by atoms with Gasteiger partial charge in [0.2, 0.25) is 0 Å². The SMILES string of the molecule is CCn1[c]c(F)c(C)n1. The largest absolute Gasteiger partial charge is 0.260 e. The Morgan fingerprint density at radius 3 is 2.67 bits per heavy atom. The molecule has 1 aromatic heterocycles. The molecule has 1 rings (SSSR count). The molecule has 0 fully saturated rings. The molecule has 0 aliphatic rings. The van der Waals surface area contributed by atoms with Crippen molar-refractivity contribution in [1.29, 1.82) is 0 Å². The van der Waals surface area contributed by atoms with E-state index in [1.54, 1.807) is 6.92 Å². The minimum atomic E-state index is -0.350. The van der Waals surface area contributed by atoms with Gasteiger partial charge < -0.3 is 0 Å². The molecular weight excluding hydrogens is 119 g/mol. The zero-order valence-electron chi connectivity index (χ0n) is 5.48. The molecule has 0 spiro atoms. The number of halogens is 1. The third-order valence-electron chi connectivity index (χ3n) is 1.12. The number of aryl methyl sites for hydroxylation is 2. The molecule has 0 amide bonds. The molecule has 1 radical (unpaired) electrons. The van der Waals surface area contributed by atoms with Gasteiger partial charge in [0.1, 0.15) is 6.20 Å². The summed E-state index contributed by atoms with van der Waals surface area (Å²) in [5, 5.41) is 3.81. The summed E-state index contributed by atoms with van der Waals surface area (Å²) < 4.78 is 13.8. The maximum Gasteiger partial charge on any atom is 0.173 e. The van der Waals surface area contributed by atoms with Crippen LogP contribution in [0, 0.1) is 18.9 Å². The van der Waals surface area contributed by atoms with E-state index in [1.165, 1.54) is 4.68 Å². The summed E-state index contributed by atoms with van der Waals surface area (Å²) in [6.45, 7) is 4.19. The van der Waals surface area contributed by atoms with Gasteiger partial charge >= 0.3 is 0 Å². The van der Waals surface area contributed by atoms with Crippen LogP contribution in [-0.4, -0.2) is 9.78 Å². The van der Waals surface area contributed by atoms with E-state index < -0.39 is 0 Å². The molecule has 0 saturated carbocycles. The highest BCUT2D eigenvalue weighted by Gasteiger charge is 2.00. The van der Waals surface area contributed by atoms with Crippen LogP contribution in [0.3, 0.4) is 0 Å². The number of nitrogens with zero attached hydrogens (tertiary/aromatic N) is 2. The van der Waals surface area contributed by atoms with Gasteiger partial charge in [0.05, 0.1) is 5.69 Å². The highest BCUT2D eigenvalue weighted by Crippen LogP contribution is 1.99. The standard InChI is InChI=1S/C6H8FN2/c1-3-9-4-6(7)5(2)8-9/h3H2,1-2H3. The smallest absolute Gasteiger partial charge is 0.173 e. The number of hydrogen-bond acceptors (Lipinski definition) is 1. The third kappa shape index (κ3) is 1.09. The monoisotopic (exact) mass is 127 g/mol. The van der Waals surface area contributed by atoms with Gasteiger partial charge in [-0.25, -0.2) is 4.39 Å². The fourth-order valence-electron chi connectivity index (χ4n) is 0.594. The van der Waals surface area contributed by atoms with Crippen molar-refractivity contribution in [3.63, 3.8) is 0 Å². The van der Waals surface area contributed by atoms with Gasteiger partial charge in [0, 0.05) is 6.54 Å². The first-order valence-electron chi connectivity index (χ1n) is 2.86. The van der Waals surface area contributed by atoms with Crippen molar-refractivity contribution >= 4 is 0 Å². The van der Waals surface area contributed by atoms with Crippen LogP contribution >= 0.6 is 0 Å². The molecule has 2 nitrogen and oxygen atoms in total. The van der Waals surface area contributed by atoms with Gasteiger partial charge in [0.15, 0.2) is 5.82 Å². The molecule has 0 saturated heterocycles. The summed E-state index contributed by atoms with van der Waals surface area (Å²) in [4.78, 5) is 0. The molecule has 0 N–H and O–H groups in total. The van der Waals surface area contributed by atoms with Crippen molar-refractivity contribution in [3.05, 3.63) is 17.7 Å². The van der Waals surface area contributed by atoms with E-state index in [4.69, 9.17) is 0 Å². The second-order valence-corrected chi connectivity index (χ2v) is 1.83. The summed E-state index contributed by atoms with van der Waals surface area (Å²) in [5.41, 5.74) is 0.414. The quantitative estimate of drug-likeness (QED) is 0.553. The highest BCUT2D eigenvalue weighted by atomic mass is 19.1. The van der Waals surface area contributed by atoms with Crippen LogP contribution in [0.5, 0.6) is 0 Å². The zero-order valence-corrected chi connectivity index (χ0v) is 5.48. The molecule has 49 valence electrons. The van der Waals surface area contributed by atoms with E-state index in [9.17, 15) is 4.39 Å². The third-order valence-corrected chi connectivity index (χ3v) is 1.12. The van der Waals surface area contributed by atoms with Crippen LogP contribution in [0.2, 0.25) is 0 Å². The van der Waals surface area contributed by atoms with Crippen LogP contribution in [0.15, 0.2) is 0 Å². The average Bonchev–Trinajstić information content (AvgIpc) is 2.13. The summed E-state index contributed by atoms with van der Waals surface area (Å²) in [5.74, 6) is -0.350. The Kier molecular flexibility index (Phi) is 1.51. The van der Waals surface area contributed by atoms with Crippen molar-refractivity contribution in [2.24, 2.45) is 0 Å².